The van der Waals surface area contributed by atoms with Crippen molar-refractivity contribution >= 4 is 39.8 Å². The number of carbonyl (C=O) groups excluding carboxylic acids is 1. The number of nitrogens with zero attached hydrogens (tertiary/aromatic N) is 2. The zero-order valence-electron chi connectivity index (χ0n) is 15.9. The number of carbonyl (C=O) groups is 1. The molecule has 4 aromatic rings. The van der Waals surface area contributed by atoms with Crippen LogP contribution in [-0.4, -0.2) is 22.9 Å². The fourth-order valence-electron chi connectivity index (χ4n) is 3.13. The van der Waals surface area contributed by atoms with E-state index in [-0.39, 0.29) is 5.78 Å². The number of nitrogens with one attached hydrogen (secondary N) is 1. The maximum absolute atomic E-state index is 11.7. The van der Waals surface area contributed by atoms with Crippen molar-refractivity contribution in [2.24, 2.45) is 0 Å². The third kappa shape index (κ3) is 3.91. The number of halogens is 1. The molecule has 1 aromatic heterocycles. The summed E-state index contributed by atoms with van der Waals surface area (Å²) in [6.07, 6.45) is 1.52. The molecule has 1 heterocycles. The van der Waals surface area contributed by atoms with Crippen molar-refractivity contribution in [3.8, 4) is 16.9 Å². The predicted octanol–water partition coefficient (Wildman–Crippen LogP) is 5.91. The second kappa shape index (κ2) is 7.89. The van der Waals surface area contributed by atoms with Crippen LogP contribution in [-0.2, 0) is 0 Å². The van der Waals surface area contributed by atoms with Crippen LogP contribution in [0.1, 0.15) is 17.3 Å². The molecule has 0 radical (unpaired) electrons. The molecular formula is C23H18ClN3O2. The van der Waals surface area contributed by atoms with Crippen molar-refractivity contribution in [2.75, 3.05) is 12.4 Å². The first-order valence-corrected chi connectivity index (χ1v) is 9.39. The molecular weight excluding hydrogens is 386 g/mol. The summed E-state index contributed by atoms with van der Waals surface area (Å²) in [7, 11) is 1.58. The minimum Gasteiger partial charge on any atom is -0.495 e. The molecule has 3 aromatic carbocycles. The van der Waals surface area contributed by atoms with E-state index in [9.17, 15) is 4.79 Å². The van der Waals surface area contributed by atoms with E-state index in [1.54, 1.807) is 26.2 Å². The highest BCUT2D eigenvalue weighted by atomic mass is 35.5. The maximum Gasteiger partial charge on any atom is 0.159 e. The second-order valence-corrected chi connectivity index (χ2v) is 6.97. The highest BCUT2D eigenvalue weighted by Gasteiger charge is 2.09. The van der Waals surface area contributed by atoms with Crippen LogP contribution in [0.3, 0.4) is 0 Å². The molecule has 6 heteroatoms. The smallest absolute Gasteiger partial charge is 0.159 e. The number of aromatic nitrogens is 2. The number of hydrogen-bond donors (Lipinski definition) is 1. The van der Waals surface area contributed by atoms with Gasteiger partial charge in [0.25, 0.3) is 0 Å². The van der Waals surface area contributed by atoms with Crippen molar-refractivity contribution < 1.29 is 9.53 Å². The summed E-state index contributed by atoms with van der Waals surface area (Å²) in [6, 6.07) is 19.0. The van der Waals surface area contributed by atoms with Gasteiger partial charge in [-0.1, -0.05) is 35.9 Å². The van der Waals surface area contributed by atoms with Crippen molar-refractivity contribution in [1.82, 2.24) is 9.97 Å². The lowest BCUT2D eigenvalue weighted by molar-refractivity contribution is 0.101. The van der Waals surface area contributed by atoms with Crippen molar-refractivity contribution in [3.63, 3.8) is 0 Å². The first kappa shape index (κ1) is 18.9. The molecule has 0 amide bonds. The molecule has 144 valence electrons. The lowest BCUT2D eigenvalue weighted by Crippen LogP contribution is -1.97. The van der Waals surface area contributed by atoms with Crippen LogP contribution in [0.5, 0.6) is 5.75 Å². The van der Waals surface area contributed by atoms with Gasteiger partial charge in [0.1, 0.15) is 17.9 Å². The fraction of sp³-hybridized carbons (Fsp3) is 0.0870. The Morgan fingerprint density at radius 2 is 1.83 bits per heavy atom. The molecule has 0 saturated carbocycles. The van der Waals surface area contributed by atoms with Crippen LogP contribution in [0.15, 0.2) is 67.0 Å². The summed E-state index contributed by atoms with van der Waals surface area (Å²) in [4.78, 5) is 20.5. The molecule has 0 aliphatic carbocycles. The van der Waals surface area contributed by atoms with Crippen molar-refractivity contribution in [3.05, 3.63) is 77.6 Å². The van der Waals surface area contributed by atoms with Gasteiger partial charge in [0, 0.05) is 16.6 Å². The second-order valence-electron chi connectivity index (χ2n) is 6.57. The zero-order valence-corrected chi connectivity index (χ0v) is 16.7. The largest absolute Gasteiger partial charge is 0.495 e. The first-order valence-electron chi connectivity index (χ1n) is 9.02. The number of hydrogen-bond acceptors (Lipinski definition) is 5. The van der Waals surface area contributed by atoms with Gasteiger partial charge in [-0.05, 0) is 54.4 Å². The average molecular weight is 404 g/mol. The van der Waals surface area contributed by atoms with Crippen LogP contribution in [0.2, 0.25) is 5.02 Å². The Hall–Kier alpha value is -3.44. The first-order chi connectivity index (χ1) is 14.0. The number of anilines is 2. The van der Waals surface area contributed by atoms with Crippen molar-refractivity contribution in [2.45, 2.75) is 6.92 Å². The Morgan fingerprint density at radius 1 is 1.00 bits per heavy atom. The summed E-state index contributed by atoms with van der Waals surface area (Å²) in [6.45, 7) is 1.56. The third-order valence-electron chi connectivity index (χ3n) is 4.65. The van der Waals surface area contributed by atoms with Gasteiger partial charge < -0.3 is 10.1 Å². The standard InChI is InChI=1S/C23H18ClN3O2/c1-14(28)15-4-3-5-16(10-15)17-6-8-21-19(11-17)23(26-13-25-21)27-18-7-9-22(29-2)20(24)12-18/h3-13H,1-2H3,(H,25,26,27). The van der Waals surface area contributed by atoms with E-state index in [2.05, 4.69) is 15.3 Å². The summed E-state index contributed by atoms with van der Waals surface area (Å²) in [5, 5.41) is 4.68. The molecule has 0 aliphatic rings. The van der Waals surface area contributed by atoms with Gasteiger partial charge in [0.2, 0.25) is 0 Å². The van der Waals surface area contributed by atoms with Gasteiger partial charge in [0.15, 0.2) is 5.78 Å². The Labute approximate surface area is 173 Å². The van der Waals surface area contributed by atoms with Crippen LogP contribution < -0.4 is 10.1 Å². The fourth-order valence-corrected chi connectivity index (χ4v) is 3.39. The summed E-state index contributed by atoms with van der Waals surface area (Å²) >= 11 is 6.23. The maximum atomic E-state index is 11.7. The number of fused-ring (bicyclic) bond motifs is 1. The molecule has 0 atom stereocenters. The number of Topliss-reactive ketones (excluding diaryl/α,β-unsaturated/α-hetero) is 1. The number of benzene rings is 3. The molecule has 1 N–H and O–H groups in total. The van der Waals surface area contributed by atoms with E-state index in [1.165, 1.54) is 6.33 Å². The predicted molar refractivity (Wildman–Crippen MR) is 116 cm³/mol. The summed E-state index contributed by atoms with van der Waals surface area (Å²) in [5.74, 6) is 1.31. The quantitative estimate of drug-likeness (QED) is 0.420. The van der Waals surface area contributed by atoms with Gasteiger partial charge >= 0.3 is 0 Å². The van der Waals surface area contributed by atoms with Gasteiger partial charge in [0.05, 0.1) is 17.6 Å². The lowest BCUT2D eigenvalue weighted by Gasteiger charge is -2.11. The van der Waals surface area contributed by atoms with Crippen LogP contribution in [0, 0.1) is 0 Å². The minimum atomic E-state index is 0.0368. The van der Waals surface area contributed by atoms with Crippen LogP contribution in [0.25, 0.3) is 22.0 Å². The van der Waals surface area contributed by atoms with E-state index in [0.29, 0.717) is 22.2 Å². The van der Waals surface area contributed by atoms with Crippen LogP contribution in [0.4, 0.5) is 11.5 Å². The Kier molecular flexibility index (Phi) is 5.14. The van der Waals surface area contributed by atoms with E-state index < -0.39 is 0 Å². The molecule has 0 saturated heterocycles. The van der Waals surface area contributed by atoms with E-state index in [0.717, 1.165) is 27.7 Å². The number of ether oxygens (including phenoxy) is 1. The topological polar surface area (TPSA) is 64.1 Å². The van der Waals surface area contributed by atoms with Gasteiger partial charge in [-0.2, -0.15) is 0 Å². The van der Waals surface area contributed by atoms with Gasteiger partial charge in [-0.3, -0.25) is 4.79 Å². The third-order valence-corrected chi connectivity index (χ3v) is 4.95. The highest BCUT2D eigenvalue weighted by Crippen LogP contribution is 2.32. The lowest BCUT2D eigenvalue weighted by atomic mass is 10.00. The number of methoxy groups -OCH3 is 1. The summed E-state index contributed by atoms with van der Waals surface area (Å²) < 4.78 is 5.20. The molecule has 0 fully saturated rings. The van der Waals surface area contributed by atoms with Gasteiger partial charge in [-0.15, -0.1) is 0 Å². The normalized spacial score (nSPS) is 10.7. The molecule has 29 heavy (non-hydrogen) atoms. The molecule has 0 aliphatic heterocycles. The molecule has 0 unspecified atom stereocenters. The van der Waals surface area contributed by atoms with E-state index in [1.807, 2.05) is 48.5 Å². The number of ketones is 1. The van der Waals surface area contributed by atoms with Gasteiger partial charge in [-0.25, -0.2) is 9.97 Å². The van der Waals surface area contributed by atoms with E-state index >= 15 is 0 Å². The Bertz CT molecular complexity index is 1220. The molecule has 5 nitrogen and oxygen atoms in total. The van der Waals surface area contributed by atoms with E-state index in [4.69, 9.17) is 16.3 Å². The monoisotopic (exact) mass is 403 g/mol. The SMILES string of the molecule is COc1ccc(Nc2ncnc3ccc(-c4cccc(C(C)=O)c4)cc23)cc1Cl. The van der Waals surface area contributed by atoms with Crippen molar-refractivity contribution in [1.29, 1.82) is 0 Å². The minimum absolute atomic E-state index is 0.0368. The van der Waals surface area contributed by atoms with Crippen LogP contribution >= 0.6 is 11.6 Å². The molecule has 0 spiro atoms. The Morgan fingerprint density at radius 3 is 2.59 bits per heavy atom. The number of rotatable bonds is 5. The summed E-state index contributed by atoms with van der Waals surface area (Å²) in [5.41, 5.74) is 4.22. The Balaban J connectivity index is 1.76. The zero-order chi connectivity index (χ0) is 20.4. The average Bonchev–Trinajstić information content (AvgIpc) is 2.74. The molecule has 0 bridgehead atoms. The molecule has 4 rings (SSSR count). The highest BCUT2D eigenvalue weighted by molar-refractivity contribution is 6.32.